The molecule has 0 fully saturated rings. The fourth-order valence-electron chi connectivity index (χ4n) is 1.67. The molecule has 2 aromatic heterocycles. The number of hydrogen-bond acceptors (Lipinski definition) is 6. The number of nitrogens with one attached hydrogen (secondary N) is 2. The standard InChI is InChI=1S/C12H12N2O6/c1-6(7-2-4-9(19-7)11(15)13-17)8-3-5-10(20-8)12(16)14-18/h2-6,17-18H,1H3,(H,13,15)(H,14,16). The van der Waals surface area contributed by atoms with Crippen LogP contribution in [-0.2, 0) is 0 Å². The molecular formula is C12H12N2O6. The second kappa shape index (κ2) is 5.59. The maximum absolute atomic E-state index is 11.2. The van der Waals surface area contributed by atoms with Crippen molar-refractivity contribution in [2.45, 2.75) is 12.8 Å². The average Bonchev–Trinajstić information content (AvgIpc) is 3.13. The number of amides is 2. The van der Waals surface area contributed by atoms with Gasteiger partial charge >= 0.3 is 11.8 Å². The van der Waals surface area contributed by atoms with Gasteiger partial charge in [-0.25, -0.2) is 11.0 Å². The van der Waals surface area contributed by atoms with Gasteiger partial charge in [0.25, 0.3) is 0 Å². The maximum atomic E-state index is 11.2. The first kappa shape index (κ1) is 13.8. The number of hydroxylamine groups is 2. The normalized spacial score (nSPS) is 10.6. The van der Waals surface area contributed by atoms with E-state index in [0.29, 0.717) is 11.5 Å². The minimum Gasteiger partial charge on any atom is -0.455 e. The van der Waals surface area contributed by atoms with E-state index < -0.39 is 11.8 Å². The summed E-state index contributed by atoms with van der Waals surface area (Å²) in [5.41, 5.74) is 2.93. The first-order chi connectivity index (χ1) is 9.56. The van der Waals surface area contributed by atoms with Gasteiger partial charge in [-0.15, -0.1) is 0 Å². The second-order valence-electron chi connectivity index (χ2n) is 4.01. The summed E-state index contributed by atoms with van der Waals surface area (Å²) in [4.78, 5) is 22.3. The minimum atomic E-state index is -0.761. The Morgan fingerprint density at radius 2 is 1.35 bits per heavy atom. The number of hydrogen-bond donors (Lipinski definition) is 4. The zero-order chi connectivity index (χ0) is 14.7. The molecule has 0 saturated heterocycles. The van der Waals surface area contributed by atoms with Gasteiger partial charge in [-0.2, -0.15) is 0 Å². The molecule has 0 atom stereocenters. The van der Waals surface area contributed by atoms with Gasteiger partial charge in [-0.05, 0) is 31.2 Å². The van der Waals surface area contributed by atoms with Crippen molar-refractivity contribution >= 4 is 11.8 Å². The third-order valence-corrected chi connectivity index (χ3v) is 2.76. The predicted molar refractivity (Wildman–Crippen MR) is 63.4 cm³/mol. The summed E-state index contributed by atoms with van der Waals surface area (Å²) in [6.07, 6.45) is 0. The molecule has 0 spiro atoms. The molecule has 0 aliphatic heterocycles. The third kappa shape index (κ3) is 2.56. The molecule has 2 aromatic rings. The average molecular weight is 280 g/mol. The Bertz CT molecular complexity index is 575. The minimum absolute atomic E-state index is 0.0470. The highest BCUT2D eigenvalue weighted by atomic mass is 16.5. The molecule has 2 heterocycles. The van der Waals surface area contributed by atoms with E-state index >= 15 is 0 Å². The largest absolute Gasteiger partial charge is 0.455 e. The van der Waals surface area contributed by atoms with E-state index in [9.17, 15) is 9.59 Å². The summed E-state index contributed by atoms with van der Waals surface area (Å²) in [5, 5.41) is 17.0. The Labute approximate surface area is 112 Å². The van der Waals surface area contributed by atoms with E-state index in [4.69, 9.17) is 19.2 Å². The van der Waals surface area contributed by atoms with E-state index in [1.165, 1.54) is 23.1 Å². The van der Waals surface area contributed by atoms with Crippen LogP contribution in [0.5, 0.6) is 0 Å². The van der Waals surface area contributed by atoms with E-state index in [1.807, 2.05) is 0 Å². The smallest absolute Gasteiger partial charge is 0.310 e. The summed E-state index contributed by atoms with van der Waals surface area (Å²) in [7, 11) is 0. The van der Waals surface area contributed by atoms with Crippen molar-refractivity contribution in [2.75, 3.05) is 0 Å². The van der Waals surface area contributed by atoms with E-state index in [0.717, 1.165) is 0 Å². The van der Waals surface area contributed by atoms with Crippen LogP contribution in [0.25, 0.3) is 0 Å². The number of rotatable bonds is 4. The van der Waals surface area contributed by atoms with Gasteiger partial charge in [0.2, 0.25) is 0 Å². The summed E-state index contributed by atoms with van der Waals surface area (Å²) in [5.74, 6) is -1.12. The Balaban J connectivity index is 2.20. The van der Waals surface area contributed by atoms with Crippen LogP contribution in [0.2, 0.25) is 0 Å². The molecule has 106 valence electrons. The highest BCUT2D eigenvalue weighted by molar-refractivity contribution is 5.91. The van der Waals surface area contributed by atoms with Crippen molar-refractivity contribution < 1.29 is 28.8 Å². The Kier molecular flexibility index (Phi) is 3.87. The van der Waals surface area contributed by atoms with Crippen LogP contribution in [0.3, 0.4) is 0 Å². The quantitative estimate of drug-likeness (QED) is 0.493. The van der Waals surface area contributed by atoms with Crippen LogP contribution >= 0.6 is 0 Å². The molecule has 0 aliphatic carbocycles. The lowest BCUT2D eigenvalue weighted by Crippen LogP contribution is -2.17. The van der Waals surface area contributed by atoms with Crippen molar-refractivity contribution in [3.63, 3.8) is 0 Å². The summed E-state index contributed by atoms with van der Waals surface area (Å²) in [6.45, 7) is 1.75. The van der Waals surface area contributed by atoms with Crippen LogP contribution in [-0.4, -0.2) is 22.2 Å². The van der Waals surface area contributed by atoms with Crippen molar-refractivity contribution in [1.82, 2.24) is 11.0 Å². The zero-order valence-electron chi connectivity index (χ0n) is 10.4. The third-order valence-electron chi connectivity index (χ3n) is 2.76. The van der Waals surface area contributed by atoms with Crippen molar-refractivity contribution in [3.05, 3.63) is 47.3 Å². The van der Waals surface area contributed by atoms with Gasteiger partial charge in [0, 0.05) is 0 Å². The summed E-state index contributed by atoms with van der Waals surface area (Å²) in [6, 6.07) is 5.93. The fourth-order valence-corrected chi connectivity index (χ4v) is 1.67. The van der Waals surface area contributed by atoms with Gasteiger partial charge in [-0.1, -0.05) is 0 Å². The van der Waals surface area contributed by atoms with Crippen LogP contribution in [0, 0.1) is 0 Å². The molecule has 0 aromatic carbocycles. The molecule has 4 N–H and O–H groups in total. The second-order valence-corrected chi connectivity index (χ2v) is 4.01. The van der Waals surface area contributed by atoms with E-state index in [1.54, 1.807) is 19.1 Å². The van der Waals surface area contributed by atoms with Gasteiger partial charge in [-0.3, -0.25) is 20.0 Å². The van der Waals surface area contributed by atoms with Crippen molar-refractivity contribution in [2.24, 2.45) is 0 Å². The Morgan fingerprint density at radius 3 is 1.70 bits per heavy atom. The van der Waals surface area contributed by atoms with Gasteiger partial charge in [0.1, 0.15) is 11.5 Å². The molecule has 2 rings (SSSR count). The SMILES string of the molecule is CC(c1ccc(C(=O)NO)o1)c1ccc(C(=O)NO)o1. The molecule has 0 radical (unpaired) electrons. The predicted octanol–water partition coefficient (Wildman–Crippen LogP) is 1.26. The Hall–Kier alpha value is -2.58. The fraction of sp³-hybridized carbons (Fsp3) is 0.167. The molecule has 8 nitrogen and oxygen atoms in total. The molecule has 20 heavy (non-hydrogen) atoms. The summed E-state index contributed by atoms with van der Waals surface area (Å²) >= 11 is 0. The molecule has 8 heteroatoms. The lowest BCUT2D eigenvalue weighted by atomic mass is 10.1. The van der Waals surface area contributed by atoms with Gasteiger partial charge in [0.05, 0.1) is 5.92 Å². The first-order valence-corrected chi connectivity index (χ1v) is 5.65. The number of furan rings is 2. The van der Waals surface area contributed by atoms with Crippen LogP contribution in [0.1, 0.15) is 45.5 Å². The number of carbonyl (C=O) groups is 2. The van der Waals surface area contributed by atoms with Gasteiger partial charge < -0.3 is 8.83 Å². The topological polar surface area (TPSA) is 125 Å². The molecule has 0 saturated carbocycles. The monoisotopic (exact) mass is 280 g/mol. The molecule has 2 amide bonds. The molecule has 0 aliphatic rings. The van der Waals surface area contributed by atoms with Crippen LogP contribution in [0.4, 0.5) is 0 Å². The summed E-state index contributed by atoms with van der Waals surface area (Å²) < 4.78 is 10.5. The van der Waals surface area contributed by atoms with Crippen LogP contribution < -0.4 is 11.0 Å². The van der Waals surface area contributed by atoms with E-state index in [-0.39, 0.29) is 17.4 Å². The highest BCUT2D eigenvalue weighted by Gasteiger charge is 2.20. The highest BCUT2D eigenvalue weighted by Crippen LogP contribution is 2.27. The van der Waals surface area contributed by atoms with E-state index in [2.05, 4.69) is 0 Å². The Morgan fingerprint density at radius 1 is 0.950 bits per heavy atom. The van der Waals surface area contributed by atoms with Gasteiger partial charge in [0.15, 0.2) is 11.5 Å². The van der Waals surface area contributed by atoms with Crippen LogP contribution in [0.15, 0.2) is 33.1 Å². The maximum Gasteiger partial charge on any atom is 0.310 e. The lowest BCUT2D eigenvalue weighted by Gasteiger charge is -2.04. The number of carbonyl (C=O) groups excluding carboxylic acids is 2. The van der Waals surface area contributed by atoms with Crippen molar-refractivity contribution in [1.29, 1.82) is 0 Å². The van der Waals surface area contributed by atoms with Crippen molar-refractivity contribution in [3.8, 4) is 0 Å². The molecule has 0 bridgehead atoms. The molecular weight excluding hydrogens is 268 g/mol. The molecule has 0 unspecified atom stereocenters. The lowest BCUT2D eigenvalue weighted by molar-refractivity contribution is 0.0673. The first-order valence-electron chi connectivity index (χ1n) is 5.65. The zero-order valence-corrected chi connectivity index (χ0v) is 10.4.